The second-order valence-electron chi connectivity index (χ2n) is 19.4. The van der Waals surface area contributed by atoms with Crippen molar-refractivity contribution in [3.05, 3.63) is 11.6 Å². The van der Waals surface area contributed by atoms with Crippen molar-refractivity contribution in [3.63, 3.8) is 0 Å². The van der Waals surface area contributed by atoms with Crippen LogP contribution in [0.25, 0.3) is 0 Å². The Bertz CT molecular complexity index is 1570. The van der Waals surface area contributed by atoms with Gasteiger partial charge in [-0.25, -0.2) is 4.79 Å². The van der Waals surface area contributed by atoms with E-state index in [2.05, 4.69) is 13.8 Å². The molecule has 4 aliphatic heterocycles. The zero-order valence-electron chi connectivity index (χ0n) is 34.8. The second kappa shape index (κ2) is 17.2. The first-order valence-corrected chi connectivity index (χ1v) is 21.8. The highest BCUT2D eigenvalue weighted by atomic mass is 16.8. The van der Waals surface area contributed by atoms with Gasteiger partial charge >= 0.3 is 5.97 Å². The van der Waals surface area contributed by atoms with Gasteiger partial charge in [0.25, 0.3) is 0 Å². The van der Waals surface area contributed by atoms with Crippen LogP contribution in [0, 0.1) is 34.5 Å². The van der Waals surface area contributed by atoms with Crippen LogP contribution in [-0.2, 0) is 42.7 Å². The highest BCUT2D eigenvalue weighted by molar-refractivity contribution is 5.85. The lowest BCUT2D eigenvalue weighted by Crippen LogP contribution is -2.63. The van der Waals surface area contributed by atoms with Crippen LogP contribution in [0.15, 0.2) is 11.6 Å². The van der Waals surface area contributed by atoms with Crippen molar-refractivity contribution in [1.29, 1.82) is 0 Å². The van der Waals surface area contributed by atoms with Crippen LogP contribution in [0.1, 0.15) is 78.6 Å². The number of methoxy groups -OCH3 is 1. The monoisotopic (exact) mass is 858 g/mol. The van der Waals surface area contributed by atoms with Crippen molar-refractivity contribution in [2.45, 2.75) is 182 Å². The van der Waals surface area contributed by atoms with Gasteiger partial charge in [0.05, 0.1) is 43.2 Å². The van der Waals surface area contributed by atoms with E-state index in [-0.39, 0.29) is 41.8 Å². The molecule has 60 heavy (non-hydrogen) atoms. The number of carbonyl (C=O) groups excluding carboxylic acids is 1. The van der Waals surface area contributed by atoms with Crippen LogP contribution in [0.3, 0.4) is 0 Å². The van der Waals surface area contributed by atoms with Crippen LogP contribution < -0.4 is 0 Å². The molecule has 8 rings (SSSR count). The van der Waals surface area contributed by atoms with Crippen LogP contribution >= 0.6 is 0 Å². The van der Waals surface area contributed by atoms with E-state index in [9.17, 15) is 50.8 Å². The number of cyclic esters (lactones) is 1. The fourth-order valence-corrected chi connectivity index (χ4v) is 13.0. The smallest absolute Gasteiger partial charge is 0.331 e. The molecule has 18 nitrogen and oxygen atoms in total. The lowest BCUT2D eigenvalue weighted by molar-refractivity contribution is -0.355. The summed E-state index contributed by atoms with van der Waals surface area (Å²) in [6, 6.07) is 0. The maximum Gasteiger partial charge on any atom is 0.331 e. The van der Waals surface area contributed by atoms with Crippen LogP contribution in [-0.4, -0.2) is 183 Å². The third kappa shape index (κ3) is 7.60. The number of ether oxygens (including phenoxy) is 8. The molecule has 4 aliphatic carbocycles. The molecule has 18 heteroatoms. The molecule has 0 bridgehead atoms. The lowest BCUT2D eigenvalue weighted by Gasteiger charge is -2.63. The van der Waals surface area contributed by atoms with E-state index >= 15 is 0 Å². The Labute approximate surface area is 349 Å². The maximum atomic E-state index is 12.6. The van der Waals surface area contributed by atoms with E-state index in [4.69, 9.17) is 37.9 Å². The minimum Gasteiger partial charge on any atom is -0.458 e. The number of carbonyl (C=O) groups is 1. The first kappa shape index (κ1) is 45.1. The zero-order chi connectivity index (χ0) is 43.1. The number of hydrogen-bond acceptors (Lipinski definition) is 18. The van der Waals surface area contributed by atoms with Gasteiger partial charge in [-0.05, 0) is 80.6 Å². The van der Waals surface area contributed by atoms with Gasteiger partial charge in [-0.1, -0.05) is 13.8 Å². The minimum atomic E-state index is -1.71. The van der Waals surface area contributed by atoms with Gasteiger partial charge in [0.2, 0.25) is 0 Å². The number of aliphatic hydroxyl groups is 9. The molecule has 3 saturated heterocycles. The van der Waals surface area contributed by atoms with Gasteiger partial charge in [0.1, 0.15) is 61.5 Å². The molecule has 4 heterocycles. The molecule has 0 amide bonds. The Morgan fingerprint density at radius 3 is 2.18 bits per heavy atom. The largest absolute Gasteiger partial charge is 0.458 e. The molecule has 9 N–H and O–H groups in total. The lowest BCUT2D eigenvalue weighted by atomic mass is 9.43. The van der Waals surface area contributed by atoms with Gasteiger partial charge < -0.3 is 83.9 Å². The van der Waals surface area contributed by atoms with Gasteiger partial charge in [0.15, 0.2) is 18.9 Å². The van der Waals surface area contributed by atoms with Gasteiger partial charge in [0, 0.05) is 37.4 Å². The summed E-state index contributed by atoms with van der Waals surface area (Å²) in [5.74, 6) is -0.00189. The summed E-state index contributed by atoms with van der Waals surface area (Å²) >= 11 is 0. The predicted octanol–water partition coefficient (Wildman–Crippen LogP) is -1.24. The fourth-order valence-electron chi connectivity index (χ4n) is 13.0. The summed E-state index contributed by atoms with van der Waals surface area (Å²) in [7, 11) is 1.53. The molecule has 4 saturated carbocycles. The minimum absolute atomic E-state index is 0.0139. The molecule has 0 radical (unpaired) electrons. The molecule has 8 aliphatic rings. The Morgan fingerprint density at radius 1 is 0.800 bits per heavy atom. The molecular weight excluding hydrogens is 792 g/mol. The standard InChI is InChI=1S/C42H66O18/c1-18-37(60-39-36(51)34(49)32(47)27(59-39)17-55-38-35(50)33(48)31(46)26(15-43)58-38)25(53-4)13-29(56-18)57-21-7-9-40(2)20(12-21)5-6-23-22(40)8-10-41(3)30(19-11-28(45)54-16-19)24(44)14-42(23,41)52/h11,18,20-27,29-39,43-44,46-52H,5-10,12-17H2,1-4H3/t18-,20-,21+,22+,23+,24+,25-,26-,27+,29+,30+,31-,32+,33+,34-,35+,36+,37-,38-,39-,40-,41-,42+/m1/s1. The number of aliphatic hydroxyl groups excluding tert-OH is 8. The van der Waals surface area contributed by atoms with Crippen molar-refractivity contribution in [2.75, 3.05) is 26.9 Å². The van der Waals surface area contributed by atoms with E-state index in [0.717, 1.165) is 50.5 Å². The Kier molecular flexibility index (Phi) is 12.9. The van der Waals surface area contributed by atoms with Crippen molar-refractivity contribution in [2.24, 2.45) is 34.5 Å². The summed E-state index contributed by atoms with van der Waals surface area (Å²) in [6.45, 7) is 5.28. The molecule has 0 aromatic heterocycles. The van der Waals surface area contributed by atoms with Crippen LogP contribution in [0.2, 0.25) is 0 Å². The molecule has 0 aromatic rings. The number of hydrogen-bond donors (Lipinski definition) is 9. The van der Waals surface area contributed by atoms with Crippen LogP contribution in [0.4, 0.5) is 0 Å². The van der Waals surface area contributed by atoms with E-state index in [1.165, 1.54) is 13.2 Å². The summed E-state index contributed by atoms with van der Waals surface area (Å²) in [5, 5.41) is 96.4. The van der Waals surface area contributed by atoms with Crippen molar-refractivity contribution in [1.82, 2.24) is 0 Å². The van der Waals surface area contributed by atoms with Gasteiger partial charge in [-0.15, -0.1) is 0 Å². The molecule has 342 valence electrons. The van der Waals surface area contributed by atoms with E-state index in [0.29, 0.717) is 18.8 Å². The summed E-state index contributed by atoms with van der Waals surface area (Å²) in [4.78, 5) is 12.0. The normalized spacial score (nSPS) is 54.4. The highest BCUT2D eigenvalue weighted by Gasteiger charge is 2.70. The third-order valence-corrected chi connectivity index (χ3v) is 16.4. The van der Waals surface area contributed by atoms with Crippen molar-refractivity contribution < 1.29 is 88.6 Å². The summed E-state index contributed by atoms with van der Waals surface area (Å²) in [5.41, 5.74) is -0.825. The first-order chi connectivity index (χ1) is 28.4. The summed E-state index contributed by atoms with van der Waals surface area (Å²) < 4.78 is 47.1. The van der Waals surface area contributed by atoms with Crippen LogP contribution in [0.5, 0.6) is 0 Å². The fraction of sp³-hybridized carbons (Fsp3) is 0.929. The molecule has 23 atom stereocenters. The average Bonchev–Trinajstić information content (AvgIpc) is 3.73. The first-order valence-electron chi connectivity index (χ1n) is 21.8. The van der Waals surface area contributed by atoms with E-state index in [1.807, 2.05) is 0 Å². The number of esters is 1. The second-order valence-corrected chi connectivity index (χ2v) is 19.4. The highest BCUT2D eigenvalue weighted by Crippen LogP contribution is 2.70. The number of fused-ring (bicyclic) bond motifs is 5. The molecule has 0 unspecified atom stereocenters. The summed E-state index contributed by atoms with van der Waals surface area (Å²) in [6.07, 6.45) is -10.7. The molecule has 0 spiro atoms. The van der Waals surface area contributed by atoms with Gasteiger partial charge in [-0.2, -0.15) is 0 Å². The molecule has 0 aromatic carbocycles. The van der Waals surface area contributed by atoms with Gasteiger partial charge in [-0.3, -0.25) is 0 Å². The quantitative estimate of drug-likeness (QED) is 0.0918. The Morgan fingerprint density at radius 2 is 1.50 bits per heavy atom. The van der Waals surface area contributed by atoms with E-state index < -0.39 is 116 Å². The average molecular weight is 859 g/mol. The zero-order valence-corrected chi connectivity index (χ0v) is 34.8. The number of rotatable bonds is 10. The predicted molar refractivity (Wildman–Crippen MR) is 203 cm³/mol. The topological polar surface area (TPSA) is 273 Å². The SMILES string of the molecule is CO[C@@H]1C[C@H](O[C@H]2CC[C@]3(C)[C@H](CC[C@H]4[C@@H]3CC[C@]3(C)[C@@H](C5=CC(=O)OC5)[C@@H](O)C[C@]43O)C2)O[C@H](C)[C@H]1O[C@H]1O[C@@H](CO[C@@H]2O[C@H](CO)[C@@H](O)[C@H](O)[C@@H]2O)[C@H](O)[C@@H](O)[C@@H]1O. The van der Waals surface area contributed by atoms with Crippen molar-refractivity contribution in [3.8, 4) is 0 Å². The maximum absolute atomic E-state index is 12.6. The Hall–Kier alpha value is -1.43. The van der Waals surface area contributed by atoms with E-state index in [1.54, 1.807) is 6.92 Å². The Balaban J connectivity index is 0.863. The molecule has 7 fully saturated rings. The third-order valence-electron chi connectivity index (χ3n) is 16.4. The molecular formula is C42H66O18. The van der Waals surface area contributed by atoms with Crippen molar-refractivity contribution >= 4 is 5.97 Å².